The number of fused-ring (bicyclic) bond motifs is 3. The maximum absolute atomic E-state index is 3.54. The second-order valence-electron chi connectivity index (χ2n) is 11.1. The first-order valence-corrected chi connectivity index (χ1v) is 13.6. The molecule has 1 aliphatic heterocycles. The molecule has 4 aliphatic rings. The van der Waals surface area contributed by atoms with Gasteiger partial charge >= 0.3 is 0 Å². The molecule has 0 radical (unpaired) electrons. The monoisotopic (exact) mass is 428 g/mol. The van der Waals surface area contributed by atoms with Crippen LogP contribution in [0.2, 0.25) is 0 Å². The predicted octanol–water partition coefficient (Wildman–Crippen LogP) is 7.89. The molecule has 3 aliphatic carbocycles. The van der Waals surface area contributed by atoms with Crippen LogP contribution in [0.15, 0.2) is 54.6 Å². The van der Waals surface area contributed by atoms with Crippen molar-refractivity contribution in [2.75, 3.05) is 5.32 Å². The van der Waals surface area contributed by atoms with Crippen LogP contribution in [0.4, 0.5) is 11.4 Å². The van der Waals surface area contributed by atoms with E-state index in [-0.39, 0.29) is 0 Å². The van der Waals surface area contributed by atoms with Crippen LogP contribution in [0, 0.1) is 11.8 Å². The molecule has 5 atom stereocenters. The van der Waals surface area contributed by atoms with Crippen LogP contribution in [0.25, 0.3) is 0 Å². The van der Waals surface area contributed by atoms with Gasteiger partial charge in [-0.05, 0) is 92.5 Å². The van der Waals surface area contributed by atoms with Crippen molar-refractivity contribution < 1.29 is 0 Å². The van der Waals surface area contributed by atoms with Gasteiger partial charge in [0.05, 0.1) is 0 Å². The minimum Gasteiger partial charge on any atom is -0.356 e. The topological polar surface area (TPSA) is 15.3 Å². The molecule has 0 amide bonds. The highest BCUT2D eigenvalue weighted by molar-refractivity contribution is 5.59. The average molecular weight is 429 g/mol. The molecule has 170 valence electrons. The third-order valence-corrected chi connectivity index (χ3v) is 9.40. The van der Waals surface area contributed by atoms with Crippen molar-refractivity contribution in [3.05, 3.63) is 60.2 Å². The lowest BCUT2D eigenvalue weighted by atomic mass is 9.69. The smallest absolute Gasteiger partial charge is 0.0384 e. The lowest BCUT2D eigenvalue weighted by Crippen LogP contribution is -2.47. The Kier molecular flexibility index (Phi) is 5.98. The van der Waals surface area contributed by atoms with Crippen molar-refractivity contribution in [3.8, 4) is 0 Å². The van der Waals surface area contributed by atoms with Crippen molar-refractivity contribution >= 4 is 11.4 Å². The summed E-state index contributed by atoms with van der Waals surface area (Å²) in [5.41, 5.74) is 3.94. The Morgan fingerprint density at radius 3 is 2.09 bits per heavy atom. The minimum atomic E-state index is 0.760. The van der Waals surface area contributed by atoms with Crippen molar-refractivity contribution in [2.24, 2.45) is 11.8 Å². The molecule has 0 spiro atoms. The number of nitrogens with zero attached hydrogens (tertiary/aromatic N) is 1. The molecule has 6 rings (SSSR count). The van der Waals surface area contributed by atoms with Crippen molar-refractivity contribution in [1.82, 2.24) is 4.90 Å². The first kappa shape index (κ1) is 20.8. The average Bonchev–Trinajstić information content (AvgIpc) is 3.19. The quantitative estimate of drug-likeness (QED) is 0.532. The molecule has 1 saturated heterocycles. The van der Waals surface area contributed by atoms with Crippen molar-refractivity contribution in [2.45, 2.75) is 101 Å². The van der Waals surface area contributed by atoms with Crippen LogP contribution < -0.4 is 5.32 Å². The number of para-hydroxylation sites is 1. The summed E-state index contributed by atoms with van der Waals surface area (Å²) in [7, 11) is 0. The zero-order chi connectivity index (χ0) is 21.3. The number of likely N-dealkylation sites (tertiary alicyclic amines) is 1. The lowest BCUT2D eigenvalue weighted by Gasteiger charge is -2.43. The fraction of sp³-hybridized carbons (Fsp3) is 0.600. The van der Waals surface area contributed by atoms with E-state index >= 15 is 0 Å². The maximum Gasteiger partial charge on any atom is 0.0384 e. The SMILES string of the molecule is c1ccc(Nc2ccc(C3CCC4C(C3)C3CCCCC3N4C3CCCCC3)cc2)cc1. The zero-order valence-corrected chi connectivity index (χ0v) is 19.6. The van der Waals surface area contributed by atoms with Gasteiger partial charge in [-0.15, -0.1) is 0 Å². The zero-order valence-electron chi connectivity index (χ0n) is 19.6. The lowest BCUT2D eigenvalue weighted by molar-refractivity contribution is 0.0633. The Balaban J connectivity index is 1.17. The second-order valence-corrected chi connectivity index (χ2v) is 11.1. The van der Waals surface area contributed by atoms with Gasteiger partial charge in [0.15, 0.2) is 0 Å². The molecule has 1 heterocycles. The Hall–Kier alpha value is -1.80. The third kappa shape index (κ3) is 4.00. The van der Waals surface area contributed by atoms with E-state index in [0.717, 1.165) is 41.6 Å². The number of rotatable bonds is 4. The highest BCUT2D eigenvalue weighted by atomic mass is 15.3. The standard InChI is InChI=1S/C30H40N2/c1-3-9-24(10-4-1)31-25-18-15-22(16-19-25)23-17-20-30-28(21-23)27-13-7-8-14-29(27)32(30)26-11-5-2-6-12-26/h1,3-4,9-10,15-16,18-19,23,26-31H,2,5-8,11-14,17,20-21H2. The van der Waals surface area contributed by atoms with Gasteiger partial charge in [0.1, 0.15) is 0 Å². The second kappa shape index (κ2) is 9.21. The minimum absolute atomic E-state index is 0.760. The number of benzene rings is 2. The molecule has 1 N–H and O–H groups in total. The van der Waals surface area contributed by atoms with Gasteiger partial charge in [0.2, 0.25) is 0 Å². The van der Waals surface area contributed by atoms with Crippen LogP contribution in [0.1, 0.15) is 88.5 Å². The number of hydrogen-bond donors (Lipinski definition) is 1. The Bertz CT molecular complexity index is 869. The van der Waals surface area contributed by atoms with Gasteiger partial charge in [-0.25, -0.2) is 0 Å². The van der Waals surface area contributed by atoms with Gasteiger partial charge in [-0.1, -0.05) is 62.4 Å². The Morgan fingerprint density at radius 2 is 1.28 bits per heavy atom. The highest BCUT2D eigenvalue weighted by Gasteiger charge is 2.52. The summed E-state index contributed by atoms with van der Waals surface area (Å²) in [6, 6.07) is 22.6. The van der Waals surface area contributed by atoms with E-state index in [9.17, 15) is 0 Å². The first-order valence-electron chi connectivity index (χ1n) is 13.6. The molecule has 2 aromatic rings. The summed E-state index contributed by atoms with van der Waals surface area (Å²) in [4.78, 5) is 3.14. The molecule has 2 nitrogen and oxygen atoms in total. The van der Waals surface area contributed by atoms with Gasteiger partial charge in [0, 0.05) is 29.5 Å². The Morgan fingerprint density at radius 1 is 0.594 bits per heavy atom. The molecule has 2 aromatic carbocycles. The first-order chi connectivity index (χ1) is 15.9. The van der Waals surface area contributed by atoms with Gasteiger partial charge in [-0.3, -0.25) is 4.90 Å². The molecular weight excluding hydrogens is 388 g/mol. The van der Waals surface area contributed by atoms with Crippen LogP contribution >= 0.6 is 0 Å². The van der Waals surface area contributed by atoms with E-state index in [1.165, 1.54) is 82.7 Å². The summed E-state index contributed by atoms with van der Waals surface area (Å²) in [5, 5.41) is 3.54. The van der Waals surface area contributed by atoms with E-state index in [2.05, 4.69) is 64.8 Å². The number of nitrogens with one attached hydrogen (secondary N) is 1. The summed E-state index contributed by atoms with van der Waals surface area (Å²) in [6.07, 6.45) is 17.6. The Labute approximate surface area is 194 Å². The summed E-state index contributed by atoms with van der Waals surface area (Å²) >= 11 is 0. The van der Waals surface area contributed by atoms with Gasteiger partial charge in [0.25, 0.3) is 0 Å². The van der Waals surface area contributed by atoms with E-state index in [4.69, 9.17) is 0 Å². The van der Waals surface area contributed by atoms with E-state index in [0.29, 0.717) is 0 Å². The fourth-order valence-corrected chi connectivity index (χ4v) is 8.03. The van der Waals surface area contributed by atoms with E-state index in [1.807, 2.05) is 0 Å². The predicted molar refractivity (Wildman–Crippen MR) is 134 cm³/mol. The van der Waals surface area contributed by atoms with Crippen molar-refractivity contribution in [1.29, 1.82) is 0 Å². The third-order valence-electron chi connectivity index (χ3n) is 9.40. The number of anilines is 2. The molecule has 4 fully saturated rings. The molecule has 32 heavy (non-hydrogen) atoms. The van der Waals surface area contributed by atoms with Crippen LogP contribution in [-0.4, -0.2) is 23.0 Å². The molecule has 0 aromatic heterocycles. The van der Waals surface area contributed by atoms with Gasteiger partial charge in [-0.2, -0.15) is 0 Å². The van der Waals surface area contributed by atoms with Crippen LogP contribution in [-0.2, 0) is 0 Å². The van der Waals surface area contributed by atoms with E-state index < -0.39 is 0 Å². The van der Waals surface area contributed by atoms with Crippen LogP contribution in [0.5, 0.6) is 0 Å². The molecular formula is C30H40N2. The summed E-state index contributed by atoms with van der Waals surface area (Å²) < 4.78 is 0. The molecule has 3 saturated carbocycles. The van der Waals surface area contributed by atoms with Crippen LogP contribution in [0.3, 0.4) is 0 Å². The highest BCUT2D eigenvalue weighted by Crippen LogP contribution is 2.53. The molecule has 2 heteroatoms. The summed E-state index contributed by atoms with van der Waals surface area (Å²) in [5.74, 6) is 2.69. The fourth-order valence-electron chi connectivity index (χ4n) is 8.03. The summed E-state index contributed by atoms with van der Waals surface area (Å²) in [6.45, 7) is 0. The molecule has 0 bridgehead atoms. The van der Waals surface area contributed by atoms with Gasteiger partial charge < -0.3 is 5.32 Å². The van der Waals surface area contributed by atoms with Crippen molar-refractivity contribution in [3.63, 3.8) is 0 Å². The largest absolute Gasteiger partial charge is 0.356 e. The maximum atomic E-state index is 3.54. The van der Waals surface area contributed by atoms with E-state index in [1.54, 1.807) is 5.56 Å². The molecule has 5 unspecified atom stereocenters. The normalized spacial score (nSPS) is 33.4. The number of hydrogen-bond acceptors (Lipinski definition) is 2.